The van der Waals surface area contributed by atoms with Crippen LogP contribution < -0.4 is 4.72 Å². The molecule has 7 heteroatoms. The molecule has 6 nitrogen and oxygen atoms in total. The number of ether oxygens (including phenoxy) is 1. The van der Waals surface area contributed by atoms with E-state index >= 15 is 0 Å². The average Bonchev–Trinajstić information content (AvgIpc) is 3.48. The Labute approximate surface area is 178 Å². The van der Waals surface area contributed by atoms with Gasteiger partial charge in [-0.15, -0.1) is 0 Å². The first-order valence-electron chi connectivity index (χ1n) is 10.4. The molecule has 160 valence electrons. The van der Waals surface area contributed by atoms with Gasteiger partial charge in [-0.1, -0.05) is 54.6 Å². The van der Waals surface area contributed by atoms with Crippen LogP contribution in [0, 0.1) is 5.92 Å². The summed E-state index contributed by atoms with van der Waals surface area (Å²) in [6.07, 6.45) is 4.18. The predicted molar refractivity (Wildman–Crippen MR) is 117 cm³/mol. The zero-order valence-corrected chi connectivity index (χ0v) is 18.0. The third-order valence-electron chi connectivity index (χ3n) is 5.76. The van der Waals surface area contributed by atoms with E-state index in [1.54, 1.807) is 4.90 Å². The van der Waals surface area contributed by atoms with Crippen molar-refractivity contribution in [3.05, 3.63) is 60.2 Å². The normalized spacial score (nSPS) is 21.6. The van der Waals surface area contributed by atoms with Crippen LogP contribution in [0.2, 0.25) is 0 Å². The van der Waals surface area contributed by atoms with Crippen molar-refractivity contribution in [3.8, 4) is 11.1 Å². The summed E-state index contributed by atoms with van der Waals surface area (Å²) in [7, 11) is -3.38. The third-order valence-corrected chi connectivity index (χ3v) is 6.50. The standard InChI is InChI=1S/C23H28N2O4S/c1-30(27,28)24-21-12-13-25(23(26)29-16-17-10-11-17)22(21)15-18-6-5-9-20(14-18)19-7-3-2-4-8-19/h2-9,14,17,21-22,24H,10-13,15-16H2,1H3/t21-,22-/m1/s1. The fourth-order valence-electron chi connectivity index (χ4n) is 4.05. The summed E-state index contributed by atoms with van der Waals surface area (Å²) in [5.74, 6) is 0.488. The third kappa shape index (κ3) is 5.40. The number of nitrogens with zero attached hydrogens (tertiary/aromatic N) is 1. The molecule has 2 fully saturated rings. The molecule has 1 amide bonds. The molecule has 0 bridgehead atoms. The van der Waals surface area contributed by atoms with E-state index in [0.717, 1.165) is 35.8 Å². The lowest BCUT2D eigenvalue weighted by Crippen LogP contribution is -2.47. The minimum absolute atomic E-state index is 0.280. The number of rotatable bonds is 7. The smallest absolute Gasteiger partial charge is 0.410 e. The quantitative estimate of drug-likeness (QED) is 0.733. The molecule has 4 rings (SSSR count). The first kappa shape index (κ1) is 20.9. The molecule has 1 saturated carbocycles. The van der Waals surface area contributed by atoms with Crippen molar-refractivity contribution in [1.82, 2.24) is 9.62 Å². The second kappa shape index (κ2) is 8.78. The monoisotopic (exact) mass is 428 g/mol. The highest BCUT2D eigenvalue weighted by Gasteiger charge is 2.39. The Kier molecular flexibility index (Phi) is 6.11. The van der Waals surface area contributed by atoms with Crippen molar-refractivity contribution in [2.45, 2.75) is 37.8 Å². The number of amides is 1. The summed E-state index contributed by atoms with van der Waals surface area (Å²) in [6, 6.07) is 17.7. The van der Waals surface area contributed by atoms with Crippen LogP contribution in [0.25, 0.3) is 11.1 Å². The Morgan fingerprint density at radius 2 is 1.80 bits per heavy atom. The van der Waals surface area contributed by atoms with E-state index < -0.39 is 10.0 Å². The zero-order valence-electron chi connectivity index (χ0n) is 17.2. The summed E-state index contributed by atoms with van der Waals surface area (Å²) in [6.45, 7) is 0.940. The molecule has 1 saturated heterocycles. The summed E-state index contributed by atoms with van der Waals surface area (Å²) in [5, 5.41) is 0. The maximum Gasteiger partial charge on any atom is 0.410 e. The summed E-state index contributed by atoms with van der Waals surface area (Å²) >= 11 is 0. The van der Waals surface area contributed by atoms with E-state index in [0.29, 0.717) is 31.9 Å². The van der Waals surface area contributed by atoms with Gasteiger partial charge in [-0.25, -0.2) is 17.9 Å². The van der Waals surface area contributed by atoms with Crippen LogP contribution >= 0.6 is 0 Å². The number of carbonyl (C=O) groups excluding carboxylic acids is 1. The second-order valence-electron chi connectivity index (χ2n) is 8.34. The first-order chi connectivity index (χ1) is 14.4. The summed E-state index contributed by atoms with van der Waals surface area (Å²) in [5.41, 5.74) is 3.28. The molecule has 1 aliphatic heterocycles. The fraction of sp³-hybridized carbons (Fsp3) is 0.435. The van der Waals surface area contributed by atoms with E-state index in [-0.39, 0.29) is 18.2 Å². The summed E-state index contributed by atoms with van der Waals surface area (Å²) in [4.78, 5) is 14.4. The van der Waals surface area contributed by atoms with E-state index in [1.165, 1.54) is 0 Å². The highest BCUT2D eigenvalue weighted by atomic mass is 32.2. The molecule has 0 unspecified atom stereocenters. The lowest BCUT2D eigenvalue weighted by Gasteiger charge is -2.28. The Balaban J connectivity index is 1.54. The minimum atomic E-state index is -3.38. The maximum absolute atomic E-state index is 12.7. The van der Waals surface area contributed by atoms with Crippen molar-refractivity contribution in [2.75, 3.05) is 19.4 Å². The largest absolute Gasteiger partial charge is 0.449 e. The molecule has 0 spiro atoms. The van der Waals surface area contributed by atoms with E-state index in [4.69, 9.17) is 4.74 Å². The van der Waals surface area contributed by atoms with Gasteiger partial charge < -0.3 is 9.64 Å². The van der Waals surface area contributed by atoms with E-state index in [9.17, 15) is 13.2 Å². The minimum Gasteiger partial charge on any atom is -0.449 e. The highest BCUT2D eigenvalue weighted by Crippen LogP contribution is 2.30. The fourth-order valence-corrected chi connectivity index (χ4v) is 4.88. The molecule has 1 N–H and O–H groups in total. The van der Waals surface area contributed by atoms with Gasteiger partial charge in [-0.3, -0.25) is 0 Å². The van der Waals surface area contributed by atoms with Crippen LogP contribution in [0.5, 0.6) is 0 Å². The zero-order chi connectivity index (χ0) is 21.1. The number of nitrogens with one attached hydrogen (secondary N) is 1. The average molecular weight is 429 g/mol. The number of hydrogen-bond donors (Lipinski definition) is 1. The van der Waals surface area contributed by atoms with Gasteiger partial charge in [0, 0.05) is 12.6 Å². The van der Waals surface area contributed by atoms with Gasteiger partial charge in [0.1, 0.15) is 0 Å². The van der Waals surface area contributed by atoms with Gasteiger partial charge in [0.15, 0.2) is 0 Å². The van der Waals surface area contributed by atoms with Crippen LogP contribution in [-0.4, -0.2) is 50.9 Å². The molecule has 30 heavy (non-hydrogen) atoms. The molecule has 1 aliphatic carbocycles. The number of sulfonamides is 1. The molecule has 2 atom stereocenters. The SMILES string of the molecule is CS(=O)(=O)N[C@@H]1CCN(C(=O)OCC2CC2)[C@@H]1Cc1cccc(-c2ccccc2)c1. The van der Waals surface area contributed by atoms with Crippen LogP contribution in [0.4, 0.5) is 4.79 Å². The Morgan fingerprint density at radius 1 is 1.07 bits per heavy atom. The highest BCUT2D eigenvalue weighted by molar-refractivity contribution is 7.88. The Hall–Kier alpha value is -2.38. The predicted octanol–water partition coefficient (Wildman–Crippen LogP) is 3.43. The van der Waals surface area contributed by atoms with Crippen LogP contribution in [0.1, 0.15) is 24.8 Å². The van der Waals surface area contributed by atoms with Crippen molar-refractivity contribution in [1.29, 1.82) is 0 Å². The lowest BCUT2D eigenvalue weighted by molar-refractivity contribution is 0.0924. The van der Waals surface area contributed by atoms with Gasteiger partial charge in [0.2, 0.25) is 10.0 Å². The van der Waals surface area contributed by atoms with Gasteiger partial charge in [-0.05, 0) is 48.3 Å². The Bertz CT molecular complexity index is 989. The molecule has 0 aromatic heterocycles. The second-order valence-corrected chi connectivity index (χ2v) is 10.1. The topological polar surface area (TPSA) is 75.7 Å². The van der Waals surface area contributed by atoms with Crippen molar-refractivity contribution >= 4 is 16.1 Å². The van der Waals surface area contributed by atoms with Crippen molar-refractivity contribution in [2.24, 2.45) is 5.92 Å². The van der Waals surface area contributed by atoms with E-state index in [1.807, 2.05) is 30.3 Å². The van der Waals surface area contributed by atoms with Gasteiger partial charge in [0.25, 0.3) is 0 Å². The first-order valence-corrected chi connectivity index (χ1v) is 12.3. The molecule has 1 heterocycles. The maximum atomic E-state index is 12.7. The number of carbonyl (C=O) groups is 1. The van der Waals surface area contributed by atoms with Crippen LogP contribution in [0.3, 0.4) is 0 Å². The number of hydrogen-bond acceptors (Lipinski definition) is 4. The van der Waals surface area contributed by atoms with Crippen molar-refractivity contribution < 1.29 is 17.9 Å². The van der Waals surface area contributed by atoms with Gasteiger partial charge in [-0.2, -0.15) is 0 Å². The van der Waals surface area contributed by atoms with E-state index in [2.05, 4.69) is 29.0 Å². The van der Waals surface area contributed by atoms with Gasteiger partial charge >= 0.3 is 6.09 Å². The molecule has 2 aliphatic rings. The molecule has 2 aromatic rings. The lowest BCUT2D eigenvalue weighted by atomic mass is 9.97. The molecule has 0 radical (unpaired) electrons. The summed E-state index contributed by atoms with van der Waals surface area (Å²) < 4.78 is 32.0. The van der Waals surface area contributed by atoms with Gasteiger partial charge in [0.05, 0.1) is 18.9 Å². The van der Waals surface area contributed by atoms with Crippen LogP contribution in [-0.2, 0) is 21.2 Å². The number of benzene rings is 2. The molecule has 2 aromatic carbocycles. The van der Waals surface area contributed by atoms with Crippen molar-refractivity contribution in [3.63, 3.8) is 0 Å². The molecular weight excluding hydrogens is 400 g/mol. The molecular formula is C23H28N2O4S. The Morgan fingerprint density at radius 3 is 2.50 bits per heavy atom. The number of likely N-dealkylation sites (tertiary alicyclic amines) is 1. The van der Waals surface area contributed by atoms with Crippen LogP contribution in [0.15, 0.2) is 54.6 Å².